The van der Waals surface area contributed by atoms with E-state index >= 15 is 0 Å². The van der Waals surface area contributed by atoms with Crippen molar-refractivity contribution in [2.24, 2.45) is 5.92 Å². The van der Waals surface area contributed by atoms with Crippen LogP contribution < -0.4 is 9.64 Å². The van der Waals surface area contributed by atoms with E-state index in [4.69, 9.17) is 4.74 Å². The number of carbonyl (C=O) groups is 2. The summed E-state index contributed by atoms with van der Waals surface area (Å²) in [5.74, 6) is 0.637. The molecular weight excluding hydrogens is 392 g/mol. The van der Waals surface area contributed by atoms with Crippen LogP contribution in [0, 0.1) is 5.92 Å². The molecule has 1 aliphatic carbocycles. The normalized spacial score (nSPS) is 24.9. The summed E-state index contributed by atoms with van der Waals surface area (Å²) in [5.41, 5.74) is 2.38. The SMILES string of the molecule is COc1ccccc1C(=O)N1C[C@@H]2[C@H](c3ccccc31)[C@H](CO)N2C(=O)C1CCCC1. The lowest BCUT2D eigenvalue weighted by atomic mass is 9.71. The van der Waals surface area contributed by atoms with Crippen LogP contribution >= 0.6 is 0 Å². The van der Waals surface area contributed by atoms with Crippen LogP contribution in [0.2, 0.25) is 0 Å². The molecule has 0 spiro atoms. The number of fused-ring (bicyclic) bond motifs is 3. The Labute approximate surface area is 182 Å². The molecule has 3 aliphatic rings. The van der Waals surface area contributed by atoms with Gasteiger partial charge in [0.05, 0.1) is 31.4 Å². The standard InChI is InChI=1S/C25H28N2O4/c1-31-22-13-7-5-11-18(22)25(30)26-14-20-23(17-10-4-6-12-19(17)26)21(15-28)27(20)24(29)16-8-2-3-9-16/h4-7,10-13,16,20-21,23,28H,2-3,8-9,14-15H2,1H3/t20-,21+,23+/m1/s1. The molecule has 0 bridgehead atoms. The number of likely N-dealkylation sites (tertiary alicyclic amines) is 1. The smallest absolute Gasteiger partial charge is 0.262 e. The van der Waals surface area contributed by atoms with Crippen molar-refractivity contribution in [2.75, 3.05) is 25.2 Å². The van der Waals surface area contributed by atoms with E-state index in [1.165, 1.54) is 0 Å². The van der Waals surface area contributed by atoms with E-state index < -0.39 is 0 Å². The van der Waals surface area contributed by atoms with Crippen LogP contribution in [-0.2, 0) is 4.79 Å². The molecule has 2 aromatic rings. The Kier molecular flexibility index (Phi) is 5.18. The quantitative estimate of drug-likeness (QED) is 0.825. The number of anilines is 1. The highest BCUT2D eigenvalue weighted by Gasteiger charge is 2.56. The molecule has 162 valence electrons. The lowest BCUT2D eigenvalue weighted by Gasteiger charge is -2.59. The number of nitrogens with zero attached hydrogens (tertiary/aromatic N) is 2. The minimum atomic E-state index is -0.220. The van der Waals surface area contributed by atoms with Crippen molar-refractivity contribution < 1.29 is 19.4 Å². The zero-order chi connectivity index (χ0) is 21.5. The zero-order valence-electron chi connectivity index (χ0n) is 17.7. The topological polar surface area (TPSA) is 70.1 Å². The van der Waals surface area contributed by atoms with Crippen molar-refractivity contribution in [3.63, 3.8) is 0 Å². The molecule has 0 unspecified atom stereocenters. The van der Waals surface area contributed by atoms with Crippen molar-refractivity contribution in [1.29, 1.82) is 0 Å². The summed E-state index contributed by atoms with van der Waals surface area (Å²) in [6, 6.07) is 14.8. The third kappa shape index (κ3) is 3.12. The molecular formula is C25H28N2O4. The first-order valence-corrected chi connectivity index (χ1v) is 11.1. The molecule has 2 heterocycles. The van der Waals surface area contributed by atoms with Gasteiger partial charge >= 0.3 is 0 Å². The fourth-order valence-electron chi connectivity index (χ4n) is 5.73. The second-order valence-electron chi connectivity index (χ2n) is 8.74. The van der Waals surface area contributed by atoms with E-state index in [0.29, 0.717) is 17.9 Å². The van der Waals surface area contributed by atoms with Crippen molar-refractivity contribution in [3.05, 3.63) is 59.7 Å². The summed E-state index contributed by atoms with van der Waals surface area (Å²) < 4.78 is 5.42. The first kappa shape index (κ1) is 20.1. The number of carbonyl (C=O) groups excluding carboxylic acids is 2. The Morgan fingerprint density at radius 2 is 1.77 bits per heavy atom. The lowest BCUT2D eigenvalue weighted by Crippen LogP contribution is -2.71. The van der Waals surface area contributed by atoms with Gasteiger partial charge in [-0.05, 0) is 36.6 Å². The maximum Gasteiger partial charge on any atom is 0.262 e. The van der Waals surface area contributed by atoms with Gasteiger partial charge in [-0.25, -0.2) is 0 Å². The first-order valence-electron chi connectivity index (χ1n) is 11.1. The Morgan fingerprint density at radius 3 is 2.52 bits per heavy atom. The van der Waals surface area contributed by atoms with E-state index in [1.807, 2.05) is 41.3 Å². The summed E-state index contributed by atoms with van der Waals surface area (Å²) in [4.78, 5) is 30.5. The van der Waals surface area contributed by atoms with Gasteiger partial charge in [0.1, 0.15) is 5.75 Å². The predicted molar refractivity (Wildman–Crippen MR) is 117 cm³/mol. The molecule has 2 amide bonds. The van der Waals surface area contributed by atoms with Crippen LogP contribution in [0.1, 0.15) is 47.5 Å². The summed E-state index contributed by atoms with van der Waals surface area (Å²) in [6.07, 6.45) is 4.02. The maximum atomic E-state index is 13.6. The van der Waals surface area contributed by atoms with E-state index in [-0.39, 0.29) is 42.3 Å². The predicted octanol–water partition coefficient (Wildman–Crippen LogP) is 3.20. The molecule has 2 aromatic carbocycles. The minimum Gasteiger partial charge on any atom is -0.496 e. The molecule has 1 saturated heterocycles. The first-order chi connectivity index (χ1) is 15.2. The fraction of sp³-hybridized carbons (Fsp3) is 0.440. The lowest BCUT2D eigenvalue weighted by molar-refractivity contribution is -0.154. The third-order valence-electron chi connectivity index (χ3n) is 7.23. The van der Waals surface area contributed by atoms with Crippen LogP contribution in [0.3, 0.4) is 0 Å². The van der Waals surface area contributed by atoms with Crippen LogP contribution in [0.4, 0.5) is 5.69 Å². The van der Waals surface area contributed by atoms with Gasteiger partial charge in [0.15, 0.2) is 0 Å². The van der Waals surface area contributed by atoms with Crippen LogP contribution in [0.5, 0.6) is 5.75 Å². The summed E-state index contributed by atoms with van der Waals surface area (Å²) >= 11 is 0. The van der Waals surface area contributed by atoms with E-state index in [0.717, 1.165) is 36.9 Å². The average molecular weight is 421 g/mol. The van der Waals surface area contributed by atoms with E-state index in [9.17, 15) is 14.7 Å². The highest BCUT2D eigenvalue weighted by molar-refractivity contribution is 6.09. The van der Waals surface area contributed by atoms with Gasteiger partial charge in [0, 0.05) is 24.1 Å². The molecule has 6 nitrogen and oxygen atoms in total. The van der Waals surface area contributed by atoms with Crippen molar-refractivity contribution in [1.82, 2.24) is 4.90 Å². The van der Waals surface area contributed by atoms with E-state index in [1.54, 1.807) is 24.1 Å². The molecule has 0 radical (unpaired) electrons. The molecule has 3 atom stereocenters. The van der Waals surface area contributed by atoms with Gasteiger partial charge in [0.2, 0.25) is 5.91 Å². The number of rotatable bonds is 4. The molecule has 1 N–H and O–H groups in total. The van der Waals surface area contributed by atoms with Gasteiger partial charge in [-0.2, -0.15) is 0 Å². The second kappa shape index (κ2) is 8.00. The van der Waals surface area contributed by atoms with Gasteiger partial charge in [-0.15, -0.1) is 0 Å². The minimum absolute atomic E-state index is 0.0468. The number of aliphatic hydroxyl groups is 1. The third-order valence-corrected chi connectivity index (χ3v) is 7.23. The Hall–Kier alpha value is -2.86. The second-order valence-corrected chi connectivity index (χ2v) is 8.74. The Morgan fingerprint density at radius 1 is 1.06 bits per heavy atom. The number of para-hydroxylation sites is 2. The van der Waals surface area contributed by atoms with Crippen LogP contribution in [-0.4, -0.2) is 54.2 Å². The number of benzene rings is 2. The zero-order valence-corrected chi connectivity index (χ0v) is 17.7. The fourth-order valence-corrected chi connectivity index (χ4v) is 5.73. The summed E-state index contributed by atoms with van der Waals surface area (Å²) in [7, 11) is 1.56. The average Bonchev–Trinajstić information content (AvgIpc) is 3.34. The van der Waals surface area contributed by atoms with Gasteiger partial charge < -0.3 is 19.6 Å². The molecule has 5 rings (SSSR count). The number of amides is 2. The van der Waals surface area contributed by atoms with Crippen LogP contribution in [0.25, 0.3) is 0 Å². The molecule has 2 aliphatic heterocycles. The van der Waals surface area contributed by atoms with Crippen molar-refractivity contribution in [2.45, 2.75) is 43.7 Å². The highest BCUT2D eigenvalue weighted by Crippen LogP contribution is 2.49. The van der Waals surface area contributed by atoms with Gasteiger partial charge in [-0.1, -0.05) is 43.2 Å². The largest absolute Gasteiger partial charge is 0.496 e. The molecule has 6 heteroatoms. The Bertz CT molecular complexity index is 1000. The summed E-state index contributed by atoms with van der Waals surface area (Å²) in [5, 5.41) is 10.1. The summed E-state index contributed by atoms with van der Waals surface area (Å²) in [6.45, 7) is 0.363. The number of aliphatic hydroxyl groups excluding tert-OH is 1. The van der Waals surface area contributed by atoms with Crippen LogP contribution in [0.15, 0.2) is 48.5 Å². The van der Waals surface area contributed by atoms with Gasteiger partial charge in [0.25, 0.3) is 5.91 Å². The molecule has 2 fully saturated rings. The molecule has 0 aromatic heterocycles. The molecule has 1 saturated carbocycles. The number of methoxy groups -OCH3 is 1. The van der Waals surface area contributed by atoms with Crippen molar-refractivity contribution >= 4 is 17.5 Å². The molecule has 31 heavy (non-hydrogen) atoms. The number of hydrogen-bond acceptors (Lipinski definition) is 4. The van der Waals surface area contributed by atoms with Crippen molar-refractivity contribution in [3.8, 4) is 5.75 Å². The number of hydrogen-bond donors (Lipinski definition) is 1. The maximum absolute atomic E-state index is 13.6. The Balaban J connectivity index is 1.52. The highest BCUT2D eigenvalue weighted by atomic mass is 16.5. The van der Waals surface area contributed by atoms with E-state index in [2.05, 4.69) is 0 Å². The monoisotopic (exact) mass is 420 g/mol. The number of ether oxygens (including phenoxy) is 1. The van der Waals surface area contributed by atoms with Gasteiger partial charge in [-0.3, -0.25) is 9.59 Å².